The van der Waals surface area contributed by atoms with Crippen LogP contribution in [0.2, 0.25) is 0 Å². The van der Waals surface area contributed by atoms with Crippen molar-refractivity contribution in [2.75, 3.05) is 30.1 Å². The van der Waals surface area contributed by atoms with Crippen LogP contribution in [0.25, 0.3) is 0 Å². The number of rotatable bonds is 15. The molecule has 0 saturated carbocycles. The molecule has 1 aliphatic rings. The first-order valence-electron chi connectivity index (χ1n) is 14.1. The molecular formula is C30H40N2O10S. The molecule has 5 atom stereocenters. The fourth-order valence-corrected chi connectivity index (χ4v) is 5.32. The first-order valence-corrected chi connectivity index (χ1v) is 15.2. The second-order valence-corrected chi connectivity index (χ2v) is 11.0. The van der Waals surface area contributed by atoms with Gasteiger partial charge in [0, 0.05) is 19.4 Å². The van der Waals surface area contributed by atoms with E-state index < -0.39 is 42.6 Å². The van der Waals surface area contributed by atoms with Crippen molar-refractivity contribution in [3.63, 3.8) is 0 Å². The number of carboxylic acids is 1. The van der Waals surface area contributed by atoms with Crippen molar-refractivity contribution in [1.29, 1.82) is 0 Å². The van der Waals surface area contributed by atoms with E-state index in [2.05, 4.69) is 17.4 Å². The van der Waals surface area contributed by atoms with Crippen LogP contribution in [0.5, 0.6) is 5.75 Å². The second-order valence-electron chi connectivity index (χ2n) is 9.89. The maximum absolute atomic E-state index is 12.8. The third-order valence-corrected chi connectivity index (χ3v) is 7.67. The molecule has 13 heteroatoms. The van der Waals surface area contributed by atoms with Gasteiger partial charge in [0.25, 0.3) is 0 Å². The smallest absolute Gasteiger partial charge is 0.410 e. The third-order valence-electron chi connectivity index (χ3n) is 6.68. The van der Waals surface area contributed by atoms with Gasteiger partial charge in [0.05, 0.1) is 24.3 Å². The lowest BCUT2D eigenvalue weighted by Crippen LogP contribution is -2.58. The number of aliphatic carboxylic acids is 1. The van der Waals surface area contributed by atoms with Gasteiger partial charge in [-0.25, -0.2) is 19.4 Å². The van der Waals surface area contributed by atoms with Crippen LogP contribution in [-0.4, -0.2) is 82.5 Å². The Labute approximate surface area is 255 Å². The van der Waals surface area contributed by atoms with Crippen molar-refractivity contribution < 1.29 is 48.6 Å². The number of aliphatic hydroxyl groups is 1. The molecule has 0 aliphatic carbocycles. The Morgan fingerprint density at radius 3 is 2.49 bits per heavy atom. The number of hydrogen-bond donors (Lipinski definition) is 3. The number of carbonyl (C=O) groups excluding carboxylic acids is 2. The second kappa shape index (κ2) is 17.1. The highest BCUT2D eigenvalue weighted by atomic mass is 32.2. The van der Waals surface area contributed by atoms with Crippen LogP contribution in [-0.2, 0) is 41.9 Å². The number of carbonyl (C=O) groups is 3. The average Bonchev–Trinajstić information content (AvgIpc) is 2.98. The quantitative estimate of drug-likeness (QED) is 0.114. The first-order chi connectivity index (χ1) is 20.6. The summed E-state index contributed by atoms with van der Waals surface area (Å²) in [6.07, 6.45) is -4.78. The van der Waals surface area contributed by atoms with E-state index in [0.717, 1.165) is 12.2 Å². The summed E-state index contributed by atoms with van der Waals surface area (Å²) in [6, 6.07) is 14.9. The van der Waals surface area contributed by atoms with Crippen LogP contribution in [0.3, 0.4) is 0 Å². The number of hydrogen-bond acceptors (Lipinski definition) is 10. The molecule has 0 bridgehead atoms. The van der Waals surface area contributed by atoms with Crippen LogP contribution in [0.4, 0.5) is 10.5 Å². The Bertz CT molecular complexity index is 1200. The molecule has 0 spiro atoms. The van der Waals surface area contributed by atoms with E-state index in [1.54, 1.807) is 42.6 Å². The highest BCUT2D eigenvalue weighted by Crippen LogP contribution is 2.34. The average molecular weight is 621 g/mol. The van der Waals surface area contributed by atoms with Crippen LogP contribution >= 0.6 is 11.8 Å². The van der Waals surface area contributed by atoms with E-state index in [1.165, 1.54) is 18.6 Å². The molecule has 1 saturated heterocycles. The first kappa shape index (κ1) is 34.1. The summed E-state index contributed by atoms with van der Waals surface area (Å²) in [5, 5.41) is 22.6. The molecule has 1 aliphatic heterocycles. The number of carboxylic acid groups (broad SMARTS) is 1. The van der Waals surface area contributed by atoms with E-state index >= 15 is 0 Å². The molecule has 0 aromatic heterocycles. The van der Waals surface area contributed by atoms with Gasteiger partial charge in [0.1, 0.15) is 12.4 Å². The Morgan fingerprint density at radius 2 is 1.84 bits per heavy atom. The Balaban J connectivity index is 1.66. The van der Waals surface area contributed by atoms with Crippen molar-refractivity contribution in [1.82, 2.24) is 4.90 Å². The SMILES string of the molecule is CCOOC1C(Oc2ccc(COC(=O)N(CC)CSCCc3ccccc3)cc2NC(C)=O)OC(C(=O)O)C(O)C1C. The maximum atomic E-state index is 12.8. The van der Waals surface area contributed by atoms with Gasteiger partial charge in [-0.2, -0.15) is 0 Å². The predicted octanol–water partition coefficient (Wildman–Crippen LogP) is 4.06. The van der Waals surface area contributed by atoms with E-state index in [0.29, 0.717) is 18.0 Å². The van der Waals surface area contributed by atoms with Gasteiger partial charge in [0.15, 0.2) is 12.2 Å². The van der Waals surface area contributed by atoms with Crippen LogP contribution < -0.4 is 10.1 Å². The summed E-state index contributed by atoms with van der Waals surface area (Å²) in [4.78, 5) is 48.5. The molecule has 0 radical (unpaired) electrons. The van der Waals surface area contributed by atoms with Crippen LogP contribution in [0.1, 0.15) is 38.8 Å². The van der Waals surface area contributed by atoms with Gasteiger partial charge < -0.3 is 29.7 Å². The number of anilines is 1. The van der Waals surface area contributed by atoms with Gasteiger partial charge in [-0.15, -0.1) is 11.8 Å². The van der Waals surface area contributed by atoms with E-state index in [-0.39, 0.29) is 30.6 Å². The zero-order chi connectivity index (χ0) is 31.4. The summed E-state index contributed by atoms with van der Waals surface area (Å²) < 4.78 is 17.1. The highest BCUT2D eigenvalue weighted by molar-refractivity contribution is 7.99. The minimum Gasteiger partial charge on any atom is -0.479 e. The van der Waals surface area contributed by atoms with Crippen molar-refractivity contribution in [2.24, 2.45) is 5.92 Å². The Morgan fingerprint density at radius 1 is 1.09 bits per heavy atom. The fourth-order valence-electron chi connectivity index (χ4n) is 4.30. The summed E-state index contributed by atoms with van der Waals surface area (Å²) in [6.45, 7) is 7.12. The number of amides is 2. The van der Waals surface area contributed by atoms with E-state index in [1.807, 2.05) is 25.1 Å². The molecular weight excluding hydrogens is 580 g/mol. The van der Waals surface area contributed by atoms with E-state index in [4.69, 9.17) is 24.0 Å². The summed E-state index contributed by atoms with van der Waals surface area (Å²) in [5.74, 6) is -0.976. The minimum atomic E-state index is -1.57. The molecule has 2 aromatic rings. The summed E-state index contributed by atoms with van der Waals surface area (Å²) in [7, 11) is 0. The largest absolute Gasteiger partial charge is 0.479 e. The highest BCUT2D eigenvalue weighted by Gasteiger charge is 2.49. The van der Waals surface area contributed by atoms with Gasteiger partial charge in [-0.1, -0.05) is 43.3 Å². The molecule has 1 fully saturated rings. The molecule has 3 N–H and O–H groups in total. The fraction of sp³-hybridized carbons (Fsp3) is 0.500. The molecule has 236 valence electrons. The number of ether oxygens (including phenoxy) is 3. The van der Waals surface area contributed by atoms with Gasteiger partial charge in [-0.05, 0) is 49.3 Å². The predicted molar refractivity (Wildman–Crippen MR) is 159 cm³/mol. The lowest BCUT2D eigenvalue weighted by atomic mass is 9.90. The number of benzene rings is 2. The number of thioether (sulfide) groups is 1. The maximum Gasteiger partial charge on any atom is 0.410 e. The van der Waals surface area contributed by atoms with Crippen LogP contribution in [0, 0.1) is 5.92 Å². The molecule has 1 heterocycles. The molecule has 43 heavy (non-hydrogen) atoms. The van der Waals surface area contributed by atoms with Gasteiger partial charge in [0.2, 0.25) is 12.2 Å². The number of aryl methyl sites for hydroxylation is 1. The third kappa shape index (κ3) is 10.1. The van der Waals surface area contributed by atoms with Crippen molar-refractivity contribution in [3.8, 4) is 5.75 Å². The van der Waals surface area contributed by atoms with Crippen molar-refractivity contribution in [3.05, 3.63) is 59.7 Å². The number of nitrogens with one attached hydrogen (secondary N) is 1. The van der Waals surface area contributed by atoms with Crippen molar-refractivity contribution in [2.45, 2.75) is 65.3 Å². The number of nitrogens with zero attached hydrogens (tertiary/aromatic N) is 1. The summed E-state index contributed by atoms with van der Waals surface area (Å²) >= 11 is 1.64. The topological polar surface area (TPSA) is 153 Å². The standard InChI is InChI=1S/C30H40N2O10S/c1-5-32(18-43-15-14-21-10-8-7-9-11-21)30(37)38-17-22-12-13-24(23(16-22)31-20(4)33)40-29-26(42-39-6-2)19(3)25(34)27(41-29)28(35)36/h7-13,16,19,25-27,29,34H,5-6,14-15,17-18H2,1-4H3,(H,31,33)(H,35,36). The number of aliphatic hydroxyl groups excluding tert-OH is 1. The molecule has 3 rings (SSSR count). The van der Waals surface area contributed by atoms with Crippen molar-refractivity contribution >= 4 is 35.4 Å². The van der Waals surface area contributed by atoms with Gasteiger partial charge in [-0.3, -0.25) is 9.69 Å². The molecule has 2 aromatic carbocycles. The van der Waals surface area contributed by atoms with Gasteiger partial charge >= 0.3 is 12.1 Å². The normalized spacial score (nSPS) is 21.6. The Kier molecular flexibility index (Phi) is 13.5. The van der Waals surface area contributed by atoms with Crippen LogP contribution in [0.15, 0.2) is 48.5 Å². The molecule has 12 nitrogen and oxygen atoms in total. The molecule has 2 amide bonds. The molecule has 5 unspecified atom stereocenters. The monoisotopic (exact) mass is 620 g/mol. The summed E-state index contributed by atoms with van der Waals surface area (Å²) in [5.41, 5.74) is 2.06. The zero-order valence-corrected chi connectivity index (χ0v) is 25.6. The minimum absolute atomic E-state index is 0.0583. The lowest BCUT2D eigenvalue weighted by molar-refractivity contribution is -0.386. The Hall–Kier alpha value is -3.36. The lowest BCUT2D eigenvalue weighted by Gasteiger charge is -2.40. The zero-order valence-electron chi connectivity index (χ0n) is 24.8. The van der Waals surface area contributed by atoms with E-state index in [9.17, 15) is 24.6 Å².